The quantitative estimate of drug-likeness (QED) is 0.796. The Hall–Kier alpha value is -2.50. The number of H-pyrrole nitrogens is 1. The standard InChI is InChI=1S/C12H12N2O4/c1-7(15)10-11(16)13-14(12(10)17)8-5-3-4-6-9(8)18-2/h3-6,17H,1-2H3,(H,13,16). The number of benzene rings is 1. The van der Waals surface area contributed by atoms with Gasteiger partial charge in [-0.1, -0.05) is 12.1 Å². The summed E-state index contributed by atoms with van der Waals surface area (Å²) in [4.78, 5) is 22.8. The molecule has 0 bridgehead atoms. The Morgan fingerprint density at radius 3 is 2.61 bits per heavy atom. The number of Topliss-reactive ketones (excluding diaryl/α,β-unsaturated/α-hetero) is 1. The van der Waals surface area contributed by atoms with Gasteiger partial charge in [0.1, 0.15) is 17.0 Å². The van der Waals surface area contributed by atoms with Crippen LogP contribution in [-0.2, 0) is 0 Å². The monoisotopic (exact) mass is 248 g/mol. The molecule has 0 fully saturated rings. The van der Waals surface area contributed by atoms with Crippen LogP contribution >= 0.6 is 0 Å². The van der Waals surface area contributed by atoms with E-state index in [1.165, 1.54) is 14.0 Å². The van der Waals surface area contributed by atoms with Crippen molar-refractivity contribution in [3.63, 3.8) is 0 Å². The van der Waals surface area contributed by atoms with Gasteiger partial charge in [-0.2, -0.15) is 0 Å². The summed E-state index contributed by atoms with van der Waals surface area (Å²) in [6.07, 6.45) is 0. The SMILES string of the molecule is COc1ccccc1-n1[nH]c(=O)c(C(C)=O)c1O. The van der Waals surface area contributed by atoms with Crippen LogP contribution in [0.2, 0.25) is 0 Å². The van der Waals surface area contributed by atoms with Crippen LogP contribution in [0.15, 0.2) is 29.1 Å². The summed E-state index contributed by atoms with van der Waals surface area (Å²) >= 11 is 0. The molecule has 0 saturated carbocycles. The number of ether oxygens (including phenoxy) is 1. The molecule has 0 aliphatic carbocycles. The van der Waals surface area contributed by atoms with E-state index in [9.17, 15) is 14.7 Å². The number of aromatic nitrogens is 2. The summed E-state index contributed by atoms with van der Waals surface area (Å²) in [5.41, 5.74) is -0.450. The van der Waals surface area contributed by atoms with E-state index in [0.29, 0.717) is 11.4 Å². The molecular formula is C12H12N2O4. The van der Waals surface area contributed by atoms with Gasteiger partial charge in [-0.3, -0.25) is 14.7 Å². The highest BCUT2D eigenvalue weighted by atomic mass is 16.5. The average molecular weight is 248 g/mol. The lowest BCUT2D eigenvalue weighted by atomic mass is 10.2. The van der Waals surface area contributed by atoms with Gasteiger partial charge >= 0.3 is 0 Å². The molecule has 1 heterocycles. The van der Waals surface area contributed by atoms with Crippen LogP contribution in [0.25, 0.3) is 5.69 Å². The number of carbonyl (C=O) groups is 1. The first-order valence-electron chi connectivity index (χ1n) is 5.24. The van der Waals surface area contributed by atoms with E-state index in [-0.39, 0.29) is 5.56 Å². The van der Waals surface area contributed by atoms with Crippen molar-refractivity contribution in [1.82, 2.24) is 9.78 Å². The number of hydrogen-bond acceptors (Lipinski definition) is 4. The van der Waals surface area contributed by atoms with Crippen molar-refractivity contribution in [1.29, 1.82) is 0 Å². The first-order valence-corrected chi connectivity index (χ1v) is 5.24. The molecule has 2 N–H and O–H groups in total. The molecular weight excluding hydrogens is 236 g/mol. The van der Waals surface area contributed by atoms with Gasteiger partial charge in [-0.25, -0.2) is 4.68 Å². The maximum atomic E-state index is 11.6. The first kappa shape index (κ1) is 12.0. The Kier molecular flexibility index (Phi) is 2.93. The minimum atomic E-state index is -0.633. The van der Waals surface area contributed by atoms with Crippen molar-refractivity contribution in [2.45, 2.75) is 6.92 Å². The summed E-state index contributed by atoms with van der Waals surface area (Å²) in [7, 11) is 1.48. The molecule has 6 heteroatoms. The van der Waals surface area contributed by atoms with E-state index in [1.54, 1.807) is 24.3 Å². The number of nitrogens with zero attached hydrogens (tertiary/aromatic N) is 1. The maximum absolute atomic E-state index is 11.6. The average Bonchev–Trinajstić information content (AvgIpc) is 2.64. The number of nitrogens with one attached hydrogen (secondary N) is 1. The molecule has 0 atom stereocenters. The highest BCUT2D eigenvalue weighted by Gasteiger charge is 2.20. The van der Waals surface area contributed by atoms with Crippen molar-refractivity contribution >= 4 is 5.78 Å². The Morgan fingerprint density at radius 1 is 1.39 bits per heavy atom. The van der Waals surface area contributed by atoms with Crippen molar-refractivity contribution < 1.29 is 14.6 Å². The zero-order valence-electron chi connectivity index (χ0n) is 9.93. The number of ketones is 1. The number of para-hydroxylation sites is 2. The topological polar surface area (TPSA) is 84.3 Å². The maximum Gasteiger partial charge on any atom is 0.279 e. The number of aromatic amines is 1. The Balaban J connectivity index is 2.69. The molecule has 2 rings (SSSR count). The van der Waals surface area contributed by atoms with Gasteiger partial charge in [0.2, 0.25) is 5.88 Å². The fourth-order valence-corrected chi connectivity index (χ4v) is 1.73. The van der Waals surface area contributed by atoms with Gasteiger partial charge < -0.3 is 9.84 Å². The van der Waals surface area contributed by atoms with Gasteiger partial charge in [0.15, 0.2) is 5.78 Å². The van der Waals surface area contributed by atoms with Crippen LogP contribution in [-0.4, -0.2) is 27.8 Å². The fraction of sp³-hybridized carbons (Fsp3) is 0.167. The second-order valence-electron chi connectivity index (χ2n) is 3.70. The summed E-state index contributed by atoms with van der Waals surface area (Å²) in [6, 6.07) is 6.81. The zero-order chi connectivity index (χ0) is 13.3. The molecule has 1 aromatic carbocycles. The molecule has 1 aromatic heterocycles. The highest BCUT2D eigenvalue weighted by Crippen LogP contribution is 2.26. The van der Waals surface area contributed by atoms with Crippen molar-refractivity contribution in [3.05, 3.63) is 40.2 Å². The van der Waals surface area contributed by atoms with E-state index in [4.69, 9.17) is 4.74 Å². The minimum absolute atomic E-state index is 0.263. The zero-order valence-corrected chi connectivity index (χ0v) is 9.93. The molecule has 94 valence electrons. The smallest absolute Gasteiger partial charge is 0.279 e. The normalized spacial score (nSPS) is 10.3. The lowest BCUT2D eigenvalue weighted by Gasteiger charge is -2.09. The van der Waals surface area contributed by atoms with Crippen LogP contribution in [0, 0.1) is 0 Å². The summed E-state index contributed by atoms with van der Waals surface area (Å²) < 4.78 is 6.25. The first-order chi connectivity index (χ1) is 8.56. The van der Waals surface area contributed by atoms with Crippen LogP contribution in [0.3, 0.4) is 0 Å². The van der Waals surface area contributed by atoms with Crippen molar-refractivity contribution in [2.75, 3.05) is 7.11 Å². The number of rotatable bonds is 3. The van der Waals surface area contributed by atoms with Crippen LogP contribution in [0.1, 0.15) is 17.3 Å². The Bertz CT molecular complexity index is 654. The number of aromatic hydroxyl groups is 1. The molecule has 0 amide bonds. The van der Waals surface area contributed by atoms with E-state index in [1.807, 2.05) is 0 Å². The molecule has 0 saturated heterocycles. The lowest BCUT2D eigenvalue weighted by molar-refractivity contribution is 0.101. The van der Waals surface area contributed by atoms with Crippen LogP contribution in [0.5, 0.6) is 11.6 Å². The number of carbonyl (C=O) groups excluding carboxylic acids is 1. The molecule has 0 aliphatic rings. The molecule has 6 nitrogen and oxygen atoms in total. The molecule has 0 aliphatic heterocycles. The predicted molar refractivity (Wildman–Crippen MR) is 64.6 cm³/mol. The third kappa shape index (κ3) is 1.77. The van der Waals surface area contributed by atoms with E-state index in [0.717, 1.165) is 4.68 Å². The number of hydrogen-bond donors (Lipinski definition) is 2. The second-order valence-corrected chi connectivity index (χ2v) is 3.70. The van der Waals surface area contributed by atoms with Gasteiger partial charge in [-0.15, -0.1) is 0 Å². The summed E-state index contributed by atoms with van der Waals surface area (Å²) in [5, 5.41) is 12.3. The largest absolute Gasteiger partial charge is 0.494 e. The molecule has 0 spiro atoms. The van der Waals surface area contributed by atoms with Crippen molar-refractivity contribution in [2.24, 2.45) is 0 Å². The minimum Gasteiger partial charge on any atom is -0.494 e. The van der Waals surface area contributed by atoms with Crippen LogP contribution < -0.4 is 10.3 Å². The highest BCUT2D eigenvalue weighted by molar-refractivity contribution is 5.96. The van der Waals surface area contributed by atoms with Crippen molar-refractivity contribution in [3.8, 4) is 17.3 Å². The van der Waals surface area contributed by atoms with Gasteiger partial charge in [0, 0.05) is 0 Å². The Labute approximate surface area is 102 Å². The molecule has 18 heavy (non-hydrogen) atoms. The fourth-order valence-electron chi connectivity index (χ4n) is 1.73. The molecule has 0 unspecified atom stereocenters. The van der Waals surface area contributed by atoms with Gasteiger partial charge in [0.05, 0.1) is 7.11 Å². The Morgan fingerprint density at radius 2 is 2.06 bits per heavy atom. The molecule has 2 aromatic rings. The van der Waals surface area contributed by atoms with E-state index in [2.05, 4.69) is 5.10 Å². The third-order valence-electron chi connectivity index (χ3n) is 2.55. The number of methoxy groups -OCH3 is 1. The summed E-state index contributed by atoms with van der Waals surface area (Å²) in [6.45, 7) is 1.22. The van der Waals surface area contributed by atoms with E-state index >= 15 is 0 Å². The summed E-state index contributed by atoms with van der Waals surface area (Å²) in [5.74, 6) is -0.450. The van der Waals surface area contributed by atoms with Gasteiger partial charge in [-0.05, 0) is 19.1 Å². The predicted octanol–water partition coefficient (Wildman–Crippen LogP) is 1.08. The van der Waals surface area contributed by atoms with E-state index < -0.39 is 17.2 Å². The van der Waals surface area contributed by atoms with Gasteiger partial charge in [0.25, 0.3) is 5.56 Å². The van der Waals surface area contributed by atoms with Crippen LogP contribution in [0.4, 0.5) is 0 Å². The second kappa shape index (κ2) is 4.40. The molecule has 0 radical (unpaired) electrons. The third-order valence-corrected chi connectivity index (χ3v) is 2.55. The lowest BCUT2D eigenvalue weighted by Crippen LogP contribution is -2.10.